The first-order chi connectivity index (χ1) is 15.9. The monoisotopic (exact) mass is 473 g/mol. The Kier molecular flexibility index (Phi) is 7.11. The van der Waals surface area contributed by atoms with Gasteiger partial charge in [-0.2, -0.15) is 9.97 Å². The van der Waals surface area contributed by atoms with Crippen molar-refractivity contribution < 1.29 is 13.5 Å². The van der Waals surface area contributed by atoms with Gasteiger partial charge in [-0.15, -0.1) is 0 Å². The first-order valence-corrected chi connectivity index (χ1v) is 12.9. The first-order valence-electron chi connectivity index (χ1n) is 11.4. The molecule has 11 heteroatoms. The molecule has 0 saturated heterocycles. The molecule has 1 aromatic carbocycles. The Hall–Kier alpha value is -2.76. The van der Waals surface area contributed by atoms with Gasteiger partial charge in [0.25, 0.3) is 0 Å². The van der Waals surface area contributed by atoms with E-state index in [1.807, 2.05) is 18.4 Å². The molecule has 4 N–H and O–H groups in total. The number of hydrogen-bond donors (Lipinski definition) is 4. The SMILES string of the molecule is CCCNS(=O)(=O)c1ccc(Nc2nc(NC3CCC(O)CC3)nc3c2ncn3CC)cc1. The quantitative estimate of drug-likeness (QED) is 0.373. The number of aliphatic hydroxyl groups is 1. The van der Waals surface area contributed by atoms with Crippen molar-refractivity contribution in [2.75, 3.05) is 17.2 Å². The van der Waals surface area contributed by atoms with E-state index >= 15 is 0 Å². The lowest BCUT2D eigenvalue weighted by Gasteiger charge is -2.26. The molecule has 0 aliphatic heterocycles. The molecule has 4 rings (SSSR count). The standard InChI is InChI=1S/C22H31N7O3S/c1-3-13-24-33(31,32)18-11-7-15(8-12-18)25-20-19-21(29(4-2)14-23-19)28-22(27-20)26-16-5-9-17(30)10-6-16/h7-8,11-12,14,16-17,24,30H,3-6,9-10,13H2,1-2H3,(H2,25,26,27,28). The minimum atomic E-state index is -3.52. The third-order valence-electron chi connectivity index (χ3n) is 5.80. The van der Waals surface area contributed by atoms with E-state index in [1.165, 1.54) is 0 Å². The van der Waals surface area contributed by atoms with Crippen LogP contribution >= 0.6 is 0 Å². The molecule has 2 heterocycles. The largest absolute Gasteiger partial charge is 0.393 e. The molecule has 0 bridgehead atoms. The van der Waals surface area contributed by atoms with Crippen molar-refractivity contribution in [3.05, 3.63) is 30.6 Å². The molecular weight excluding hydrogens is 442 g/mol. The molecule has 1 saturated carbocycles. The molecule has 2 aromatic heterocycles. The van der Waals surface area contributed by atoms with E-state index in [0.29, 0.717) is 29.5 Å². The van der Waals surface area contributed by atoms with Gasteiger partial charge in [0.1, 0.15) is 0 Å². The summed E-state index contributed by atoms with van der Waals surface area (Å²) in [5.41, 5.74) is 2.06. The van der Waals surface area contributed by atoms with E-state index in [9.17, 15) is 13.5 Å². The molecule has 0 amide bonds. The first kappa shape index (κ1) is 23.4. The van der Waals surface area contributed by atoms with Crippen LogP contribution in [0.25, 0.3) is 11.2 Å². The summed E-state index contributed by atoms with van der Waals surface area (Å²) >= 11 is 0. The Morgan fingerprint density at radius 2 is 1.82 bits per heavy atom. The van der Waals surface area contributed by atoms with Crippen molar-refractivity contribution in [3.63, 3.8) is 0 Å². The van der Waals surface area contributed by atoms with Crippen molar-refractivity contribution in [2.24, 2.45) is 0 Å². The normalized spacial score (nSPS) is 19.0. The van der Waals surface area contributed by atoms with E-state index in [1.54, 1.807) is 30.6 Å². The summed E-state index contributed by atoms with van der Waals surface area (Å²) in [6.07, 6.45) is 5.49. The number of anilines is 3. The van der Waals surface area contributed by atoms with E-state index < -0.39 is 10.0 Å². The van der Waals surface area contributed by atoms with Gasteiger partial charge in [-0.3, -0.25) is 0 Å². The highest BCUT2D eigenvalue weighted by atomic mass is 32.2. The highest BCUT2D eigenvalue weighted by Gasteiger charge is 2.21. The van der Waals surface area contributed by atoms with Crippen LogP contribution in [-0.2, 0) is 16.6 Å². The Bertz CT molecular complexity index is 1190. The molecule has 10 nitrogen and oxygen atoms in total. The van der Waals surface area contributed by atoms with Gasteiger partial charge in [-0.25, -0.2) is 18.1 Å². The maximum absolute atomic E-state index is 12.3. The lowest BCUT2D eigenvalue weighted by molar-refractivity contribution is 0.126. The van der Waals surface area contributed by atoms with Crippen LogP contribution in [0.3, 0.4) is 0 Å². The van der Waals surface area contributed by atoms with Crippen molar-refractivity contribution in [1.82, 2.24) is 24.2 Å². The number of aromatic nitrogens is 4. The van der Waals surface area contributed by atoms with E-state index in [-0.39, 0.29) is 17.0 Å². The summed E-state index contributed by atoms with van der Waals surface area (Å²) in [6, 6.07) is 6.75. The molecule has 33 heavy (non-hydrogen) atoms. The van der Waals surface area contributed by atoms with Crippen molar-refractivity contribution in [1.29, 1.82) is 0 Å². The van der Waals surface area contributed by atoms with Crippen LogP contribution in [0, 0.1) is 0 Å². The van der Waals surface area contributed by atoms with E-state index in [2.05, 4.69) is 30.3 Å². The van der Waals surface area contributed by atoms with Gasteiger partial charge in [0.15, 0.2) is 17.0 Å². The van der Waals surface area contributed by atoms with Crippen LogP contribution in [0.15, 0.2) is 35.5 Å². The molecule has 1 aliphatic rings. The number of hydrogen-bond acceptors (Lipinski definition) is 8. The fourth-order valence-corrected chi connectivity index (χ4v) is 5.04. The number of sulfonamides is 1. The van der Waals surface area contributed by atoms with Crippen LogP contribution in [0.4, 0.5) is 17.5 Å². The lowest BCUT2D eigenvalue weighted by Crippen LogP contribution is -2.29. The van der Waals surface area contributed by atoms with E-state index in [4.69, 9.17) is 0 Å². The maximum Gasteiger partial charge on any atom is 0.240 e. The van der Waals surface area contributed by atoms with Crippen LogP contribution in [0.2, 0.25) is 0 Å². The Balaban J connectivity index is 1.59. The zero-order valence-electron chi connectivity index (χ0n) is 19.0. The molecule has 0 radical (unpaired) electrons. The Morgan fingerprint density at radius 1 is 1.09 bits per heavy atom. The number of imidazole rings is 1. The number of aliphatic hydroxyl groups excluding tert-OH is 1. The average molecular weight is 474 g/mol. The van der Waals surface area contributed by atoms with Gasteiger partial charge in [-0.05, 0) is 63.3 Å². The minimum absolute atomic E-state index is 0.205. The number of fused-ring (bicyclic) bond motifs is 1. The summed E-state index contributed by atoms with van der Waals surface area (Å²) in [5, 5.41) is 16.4. The van der Waals surface area contributed by atoms with Crippen molar-refractivity contribution in [2.45, 2.75) is 69.5 Å². The number of nitrogens with zero attached hydrogens (tertiary/aromatic N) is 4. The molecule has 1 fully saturated rings. The predicted octanol–water partition coefficient (Wildman–Crippen LogP) is 2.99. The van der Waals surface area contributed by atoms with Crippen molar-refractivity contribution in [3.8, 4) is 0 Å². The second-order valence-electron chi connectivity index (χ2n) is 8.30. The Morgan fingerprint density at radius 3 is 2.48 bits per heavy atom. The molecule has 3 aromatic rings. The van der Waals surface area contributed by atoms with Crippen LogP contribution in [0.5, 0.6) is 0 Å². The number of aryl methyl sites for hydroxylation is 1. The lowest BCUT2D eigenvalue weighted by atomic mass is 9.93. The predicted molar refractivity (Wildman–Crippen MR) is 128 cm³/mol. The Labute approximate surface area is 193 Å². The highest BCUT2D eigenvalue weighted by Crippen LogP contribution is 2.27. The van der Waals surface area contributed by atoms with E-state index in [0.717, 1.165) is 44.3 Å². The smallest absolute Gasteiger partial charge is 0.240 e. The fraction of sp³-hybridized carbons (Fsp3) is 0.500. The van der Waals surface area contributed by atoms with Gasteiger partial charge in [-0.1, -0.05) is 6.92 Å². The highest BCUT2D eigenvalue weighted by molar-refractivity contribution is 7.89. The van der Waals surface area contributed by atoms with Gasteiger partial charge >= 0.3 is 0 Å². The zero-order chi connectivity index (χ0) is 23.4. The van der Waals surface area contributed by atoms with Gasteiger partial charge < -0.3 is 20.3 Å². The van der Waals surface area contributed by atoms with Gasteiger partial charge in [0, 0.05) is 24.8 Å². The number of rotatable bonds is 9. The average Bonchev–Trinajstić information content (AvgIpc) is 3.23. The summed E-state index contributed by atoms with van der Waals surface area (Å²) < 4.78 is 29.2. The summed E-state index contributed by atoms with van der Waals surface area (Å²) in [6.45, 7) is 5.06. The number of nitrogens with one attached hydrogen (secondary N) is 3. The molecule has 0 spiro atoms. The van der Waals surface area contributed by atoms with Crippen LogP contribution < -0.4 is 15.4 Å². The van der Waals surface area contributed by atoms with Crippen molar-refractivity contribution >= 4 is 38.6 Å². The summed E-state index contributed by atoms with van der Waals surface area (Å²) in [7, 11) is -3.52. The topological polar surface area (TPSA) is 134 Å². The molecule has 0 atom stereocenters. The summed E-state index contributed by atoms with van der Waals surface area (Å²) in [4.78, 5) is 14.0. The van der Waals surface area contributed by atoms with Crippen LogP contribution in [0.1, 0.15) is 46.0 Å². The van der Waals surface area contributed by atoms with Gasteiger partial charge in [0.2, 0.25) is 16.0 Å². The summed E-state index contributed by atoms with van der Waals surface area (Å²) in [5.74, 6) is 1.05. The molecular formula is C22H31N7O3S. The van der Waals surface area contributed by atoms with Crippen LogP contribution in [-0.4, -0.2) is 51.7 Å². The molecule has 1 aliphatic carbocycles. The second-order valence-corrected chi connectivity index (χ2v) is 10.1. The molecule has 178 valence electrons. The second kappa shape index (κ2) is 10.0. The third kappa shape index (κ3) is 5.43. The fourth-order valence-electron chi connectivity index (χ4n) is 3.90. The zero-order valence-corrected chi connectivity index (χ0v) is 19.8. The maximum atomic E-state index is 12.3. The van der Waals surface area contributed by atoms with Gasteiger partial charge in [0.05, 0.1) is 17.3 Å². The number of benzene rings is 1. The third-order valence-corrected chi connectivity index (χ3v) is 7.28. The molecule has 0 unspecified atom stereocenters. The minimum Gasteiger partial charge on any atom is -0.393 e.